The quantitative estimate of drug-likeness (QED) is 0.690. The van der Waals surface area contributed by atoms with Gasteiger partial charge in [0.05, 0.1) is 24.0 Å². The highest BCUT2D eigenvalue weighted by Crippen LogP contribution is 2.55. The van der Waals surface area contributed by atoms with Gasteiger partial charge >= 0.3 is 11.9 Å². The van der Waals surface area contributed by atoms with Gasteiger partial charge in [0.1, 0.15) is 0 Å². The van der Waals surface area contributed by atoms with E-state index >= 15 is 0 Å². The topological polar surface area (TPSA) is 52.6 Å². The molecule has 1 fully saturated rings. The fraction of sp³-hybridized carbons (Fsp3) is 0.833. The normalized spacial score (nSPS) is 32.8. The molecule has 0 spiro atoms. The minimum absolute atomic E-state index is 0.211. The largest absolute Gasteiger partial charge is 0.466 e. The molecule has 0 aromatic heterocycles. The zero-order valence-electron chi connectivity index (χ0n) is 10.5. The molecule has 0 aliphatic heterocycles. The van der Waals surface area contributed by atoms with Crippen molar-refractivity contribution >= 4 is 11.9 Å². The van der Waals surface area contributed by atoms with Crippen LogP contribution >= 0.6 is 0 Å². The zero-order chi connectivity index (χ0) is 12.4. The summed E-state index contributed by atoms with van der Waals surface area (Å²) in [6.45, 7) is 8.00. The molecule has 16 heavy (non-hydrogen) atoms. The fourth-order valence-electron chi connectivity index (χ4n) is 2.57. The minimum atomic E-state index is -0.516. The Kier molecular flexibility index (Phi) is 3.61. The van der Waals surface area contributed by atoms with Crippen molar-refractivity contribution in [3.63, 3.8) is 0 Å². The van der Waals surface area contributed by atoms with Crippen molar-refractivity contribution in [1.29, 1.82) is 0 Å². The van der Waals surface area contributed by atoms with Crippen molar-refractivity contribution in [3.8, 4) is 0 Å². The van der Waals surface area contributed by atoms with Crippen molar-refractivity contribution in [2.75, 3.05) is 13.2 Å². The third-order valence-electron chi connectivity index (χ3n) is 3.10. The minimum Gasteiger partial charge on any atom is -0.466 e. The third kappa shape index (κ3) is 2.20. The molecule has 0 atom stereocenters. The van der Waals surface area contributed by atoms with E-state index < -0.39 is 10.8 Å². The van der Waals surface area contributed by atoms with Gasteiger partial charge in [0, 0.05) is 0 Å². The van der Waals surface area contributed by atoms with Crippen LogP contribution in [0.2, 0.25) is 0 Å². The Morgan fingerprint density at radius 1 is 0.938 bits per heavy atom. The van der Waals surface area contributed by atoms with E-state index in [4.69, 9.17) is 9.47 Å². The number of esters is 2. The Morgan fingerprint density at radius 2 is 1.25 bits per heavy atom. The molecular formula is C12H20O4. The highest BCUT2D eigenvalue weighted by Gasteiger charge is 2.58. The van der Waals surface area contributed by atoms with Crippen LogP contribution in [0, 0.1) is 10.8 Å². The van der Waals surface area contributed by atoms with Crippen LogP contribution in [0.5, 0.6) is 0 Å². The highest BCUT2D eigenvalue weighted by molar-refractivity contribution is 5.85. The monoisotopic (exact) mass is 228 g/mol. The smallest absolute Gasteiger partial charge is 0.311 e. The lowest BCUT2D eigenvalue weighted by molar-refractivity contribution is -0.182. The van der Waals surface area contributed by atoms with E-state index in [1.165, 1.54) is 0 Å². The van der Waals surface area contributed by atoms with Crippen molar-refractivity contribution in [2.45, 2.75) is 40.5 Å². The lowest BCUT2D eigenvalue weighted by Gasteiger charge is -2.48. The zero-order valence-corrected chi connectivity index (χ0v) is 10.5. The van der Waals surface area contributed by atoms with Gasteiger partial charge in [-0.1, -0.05) is 0 Å². The number of hydrogen-bond donors (Lipinski definition) is 0. The first-order valence-electron chi connectivity index (χ1n) is 5.72. The lowest BCUT2D eigenvalue weighted by atomic mass is 9.54. The van der Waals surface area contributed by atoms with Gasteiger partial charge in [0.2, 0.25) is 0 Å². The van der Waals surface area contributed by atoms with Crippen LogP contribution in [0.1, 0.15) is 40.5 Å². The predicted molar refractivity (Wildman–Crippen MR) is 58.7 cm³/mol. The van der Waals surface area contributed by atoms with Gasteiger partial charge in [-0.15, -0.1) is 0 Å². The van der Waals surface area contributed by atoms with E-state index in [0.29, 0.717) is 26.1 Å². The molecule has 0 heterocycles. The van der Waals surface area contributed by atoms with Crippen LogP contribution in [-0.2, 0) is 19.1 Å². The molecule has 0 N–H and O–H groups in total. The first kappa shape index (κ1) is 13.0. The van der Waals surface area contributed by atoms with Crippen molar-refractivity contribution in [3.05, 3.63) is 0 Å². The fourth-order valence-corrected chi connectivity index (χ4v) is 2.57. The molecule has 92 valence electrons. The summed E-state index contributed by atoms with van der Waals surface area (Å²) in [6.07, 6.45) is 1.02. The summed E-state index contributed by atoms with van der Waals surface area (Å²) in [5, 5.41) is 0. The molecule has 0 unspecified atom stereocenters. The third-order valence-corrected chi connectivity index (χ3v) is 3.10. The molecule has 0 amide bonds. The van der Waals surface area contributed by atoms with Crippen LogP contribution < -0.4 is 0 Å². The van der Waals surface area contributed by atoms with E-state index in [1.54, 1.807) is 13.8 Å². The summed E-state index contributed by atoms with van der Waals surface area (Å²) >= 11 is 0. The molecule has 0 saturated heterocycles. The van der Waals surface area contributed by atoms with Gasteiger partial charge in [-0.2, -0.15) is 0 Å². The average molecular weight is 228 g/mol. The second kappa shape index (κ2) is 4.44. The molecule has 1 aliphatic rings. The average Bonchev–Trinajstić information content (AvgIpc) is 2.16. The summed E-state index contributed by atoms with van der Waals surface area (Å²) in [6, 6.07) is 0. The molecule has 1 aliphatic carbocycles. The summed E-state index contributed by atoms with van der Waals surface area (Å²) in [5.41, 5.74) is -1.03. The molecule has 0 aromatic carbocycles. The summed E-state index contributed by atoms with van der Waals surface area (Å²) < 4.78 is 9.98. The van der Waals surface area contributed by atoms with Crippen LogP contribution in [-0.4, -0.2) is 25.2 Å². The first-order valence-corrected chi connectivity index (χ1v) is 5.72. The molecule has 4 nitrogen and oxygen atoms in total. The Bertz CT molecular complexity index is 261. The maximum atomic E-state index is 11.6. The summed E-state index contributed by atoms with van der Waals surface area (Å²) in [7, 11) is 0. The van der Waals surface area contributed by atoms with E-state index in [-0.39, 0.29) is 11.9 Å². The van der Waals surface area contributed by atoms with Gasteiger partial charge in [0.15, 0.2) is 0 Å². The number of rotatable bonds is 4. The van der Waals surface area contributed by atoms with E-state index in [1.807, 2.05) is 13.8 Å². The second-order valence-electron chi connectivity index (χ2n) is 4.92. The number of hydrogen-bond acceptors (Lipinski definition) is 4. The Labute approximate surface area is 96.3 Å². The Morgan fingerprint density at radius 3 is 1.50 bits per heavy atom. The van der Waals surface area contributed by atoms with Crippen LogP contribution in [0.25, 0.3) is 0 Å². The molecule has 1 saturated carbocycles. The van der Waals surface area contributed by atoms with Crippen molar-refractivity contribution in [1.82, 2.24) is 0 Å². The number of carbonyl (C=O) groups excluding carboxylic acids is 2. The van der Waals surface area contributed by atoms with Gasteiger partial charge in [-0.05, 0) is 40.5 Å². The van der Waals surface area contributed by atoms with E-state index in [2.05, 4.69) is 0 Å². The molecule has 4 heteroatoms. The Balaban J connectivity index is 2.58. The van der Waals surface area contributed by atoms with E-state index in [9.17, 15) is 9.59 Å². The summed E-state index contributed by atoms with van der Waals surface area (Å²) in [4.78, 5) is 23.3. The lowest BCUT2D eigenvalue weighted by Crippen LogP contribution is -2.53. The van der Waals surface area contributed by atoms with Gasteiger partial charge in [0.25, 0.3) is 0 Å². The Hall–Kier alpha value is -1.06. The van der Waals surface area contributed by atoms with Crippen molar-refractivity contribution < 1.29 is 19.1 Å². The second-order valence-corrected chi connectivity index (χ2v) is 4.92. The summed E-state index contributed by atoms with van der Waals surface area (Å²) in [5.74, 6) is -0.423. The number of carbonyl (C=O) groups is 2. The SMILES string of the molecule is CCOC(=O)C1(C)CC(C)(C(=O)OCC)C1. The maximum absolute atomic E-state index is 11.6. The first-order chi connectivity index (χ1) is 7.38. The van der Waals surface area contributed by atoms with Gasteiger partial charge < -0.3 is 9.47 Å². The molecule has 0 radical (unpaired) electrons. The van der Waals surface area contributed by atoms with Crippen molar-refractivity contribution in [2.24, 2.45) is 10.8 Å². The molecule has 0 aromatic rings. The van der Waals surface area contributed by atoms with E-state index in [0.717, 1.165) is 0 Å². The molecule has 0 bridgehead atoms. The maximum Gasteiger partial charge on any atom is 0.311 e. The van der Waals surface area contributed by atoms with Crippen LogP contribution in [0.4, 0.5) is 0 Å². The number of ether oxygens (including phenoxy) is 2. The van der Waals surface area contributed by atoms with Gasteiger partial charge in [-0.3, -0.25) is 9.59 Å². The van der Waals surface area contributed by atoms with Crippen LogP contribution in [0.15, 0.2) is 0 Å². The molecular weight excluding hydrogens is 208 g/mol. The molecule has 1 rings (SSSR count). The highest BCUT2D eigenvalue weighted by atomic mass is 16.5. The van der Waals surface area contributed by atoms with Gasteiger partial charge in [-0.25, -0.2) is 0 Å². The van der Waals surface area contributed by atoms with Crippen LogP contribution in [0.3, 0.4) is 0 Å². The standard InChI is InChI=1S/C12H20O4/c1-5-15-9(13)11(3)7-12(4,8-11)10(14)16-6-2/h5-8H2,1-4H3. The predicted octanol–water partition coefficient (Wildman–Crippen LogP) is 1.92.